The summed E-state index contributed by atoms with van der Waals surface area (Å²) in [6.45, 7) is 4.68. The van der Waals surface area contributed by atoms with E-state index >= 15 is 0 Å². The van der Waals surface area contributed by atoms with Gasteiger partial charge in [-0.05, 0) is 12.0 Å². The quantitative estimate of drug-likeness (QED) is 0.473. The van der Waals surface area contributed by atoms with E-state index in [0.29, 0.717) is 13.1 Å². The van der Waals surface area contributed by atoms with Gasteiger partial charge in [0, 0.05) is 6.54 Å². The summed E-state index contributed by atoms with van der Waals surface area (Å²) in [5.41, 5.74) is 5.21. The number of hydrogen-bond donors (Lipinski definition) is 3. The summed E-state index contributed by atoms with van der Waals surface area (Å²) in [5.74, 6) is 0. The lowest BCUT2D eigenvalue weighted by Crippen LogP contribution is -2.34. The largest absolute Gasteiger partial charge is 0.330 e. The minimum absolute atomic E-state index is 0.143. The van der Waals surface area contributed by atoms with Crippen molar-refractivity contribution in [3.05, 3.63) is 0 Å². The first-order valence-corrected chi connectivity index (χ1v) is 4.24. The summed E-state index contributed by atoms with van der Waals surface area (Å²) < 4.78 is 22.4. The van der Waals surface area contributed by atoms with Crippen molar-refractivity contribution in [2.75, 3.05) is 13.1 Å². The van der Waals surface area contributed by atoms with E-state index < -0.39 is 10.9 Å². The van der Waals surface area contributed by atoms with E-state index in [1.807, 2.05) is 13.8 Å². The third-order valence-corrected chi connectivity index (χ3v) is 1.66. The van der Waals surface area contributed by atoms with Gasteiger partial charge in [0.15, 0.2) is 0 Å². The van der Waals surface area contributed by atoms with Crippen molar-refractivity contribution in [3.8, 4) is 0 Å². The number of nitrogens with two attached hydrogens (primary N) is 1. The lowest BCUT2D eigenvalue weighted by molar-refractivity contribution is 0.378. The summed E-state index contributed by atoms with van der Waals surface area (Å²) >= 11 is 0. The molecule has 0 aliphatic carbocycles. The van der Waals surface area contributed by atoms with Crippen molar-refractivity contribution in [2.45, 2.75) is 13.8 Å². The van der Waals surface area contributed by atoms with Gasteiger partial charge in [0.05, 0.1) is 0 Å². The molecular weight excluding hydrogens is 152 g/mol. The van der Waals surface area contributed by atoms with Crippen LogP contribution in [0.2, 0.25) is 0 Å². The zero-order valence-corrected chi connectivity index (χ0v) is 7.15. The predicted octanol–water partition coefficient (Wildman–Crippen LogP) is -0.913. The molecule has 0 atom stereocenters. The van der Waals surface area contributed by atoms with E-state index in [-0.39, 0.29) is 5.41 Å². The van der Waals surface area contributed by atoms with Crippen molar-refractivity contribution >= 4 is 10.9 Å². The number of thiol groups is 1. The standard InChI is InChI=1S/C5H14N2O2S/c1-5(2,3-6)4-7-10(8)9/h10H,3-4,6H2,1-2H3,(H,7,8,9). The van der Waals surface area contributed by atoms with Gasteiger partial charge in [-0.2, -0.15) is 0 Å². The first-order valence-electron chi connectivity index (χ1n) is 3.06. The van der Waals surface area contributed by atoms with E-state index in [0.717, 1.165) is 0 Å². The molecule has 0 saturated heterocycles. The fourth-order valence-corrected chi connectivity index (χ4v) is 0.908. The van der Waals surface area contributed by atoms with Crippen LogP contribution in [-0.4, -0.2) is 21.5 Å². The molecule has 3 N–H and O–H groups in total. The van der Waals surface area contributed by atoms with Gasteiger partial charge >= 0.3 is 0 Å². The highest BCUT2D eigenvalue weighted by atomic mass is 32.2. The van der Waals surface area contributed by atoms with E-state index in [2.05, 4.69) is 4.72 Å². The SMILES string of the molecule is CC(C)(CN)CN[SH](=O)=O. The van der Waals surface area contributed by atoms with Gasteiger partial charge in [0.1, 0.15) is 0 Å². The van der Waals surface area contributed by atoms with Gasteiger partial charge in [-0.15, -0.1) is 0 Å². The molecule has 5 heteroatoms. The second-order valence-corrected chi connectivity index (χ2v) is 3.79. The molecule has 0 spiro atoms. The third-order valence-electron chi connectivity index (χ3n) is 1.24. The summed E-state index contributed by atoms with van der Waals surface area (Å²) in [5, 5.41) is 0. The summed E-state index contributed by atoms with van der Waals surface area (Å²) in [6, 6.07) is 0. The molecule has 0 bridgehead atoms. The van der Waals surface area contributed by atoms with Crippen LogP contribution in [0.5, 0.6) is 0 Å². The number of rotatable bonds is 4. The fourth-order valence-electron chi connectivity index (χ4n) is 0.351. The van der Waals surface area contributed by atoms with Crippen LogP contribution in [-0.2, 0) is 10.9 Å². The maximum atomic E-state index is 10.0. The molecule has 0 heterocycles. The van der Waals surface area contributed by atoms with Crippen molar-refractivity contribution in [1.82, 2.24) is 4.72 Å². The lowest BCUT2D eigenvalue weighted by atomic mass is 9.95. The first kappa shape index (κ1) is 9.87. The lowest BCUT2D eigenvalue weighted by Gasteiger charge is -2.20. The highest BCUT2D eigenvalue weighted by molar-refractivity contribution is 7.70. The van der Waals surface area contributed by atoms with Crippen LogP contribution in [0.25, 0.3) is 0 Å². The molecule has 0 aliphatic heterocycles. The zero-order chi connectivity index (χ0) is 8.20. The molecule has 0 aromatic heterocycles. The highest BCUT2D eigenvalue weighted by Gasteiger charge is 2.14. The maximum Gasteiger partial charge on any atom is 0.201 e. The minimum atomic E-state index is -2.48. The second kappa shape index (κ2) is 3.90. The highest BCUT2D eigenvalue weighted by Crippen LogP contribution is 2.09. The Hall–Kier alpha value is -0.130. The molecule has 0 aliphatic rings. The van der Waals surface area contributed by atoms with E-state index in [1.54, 1.807) is 0 Å². The molecule has 10 heavy (non-hydrogen) atoms. The molecule has 0 saturated carbocycles. The van der Waals surface area contributed by atoms with Crippen molar-refractivity contribution in [3.63, 3.8) is 0 Å². The molecule has 0 aromatic carbocycles. The van der Waals surface area contributed by atoms with E-state index in [4.69, 9.17) is 5.73 Å². The third kappa shape index (κ3) is 4.72. The Balaban J connectivity index is 3.67. The smallest absolute Gasteiger partial charge is 0.201 e. The average molecular weight is 166 g/mol. The van der Waals surface area contributed by atoms with E-state index in [9.17, 15) is 8.42 Å². The summed E-state index contributed by atoms with van der Waals surface area (Å²) in [7, 11) is -2.48. The summed E-state index contributed by atoms with van der Waals surface area (Å²) in [4.78, 5) is 0. The predicted molar refractivity (Wildman–Crippen MR) is 41.2 cm³/mol. The Labute approximate surface area is 62.9 Å². The molecule has 0 aromatic rings. The van der Waals surface area contributed by atoms with Gasteiger partial charge in [-0.25, -0.2) is 13.1 Å². The Morgan fingerprint density at radius 1 is 1.50 bits per heavy atom. The average Bonchev–Trinajstić information content (AvgIpc) is 1.85. The van der Waals surface area contributed by atoms with Gasteiger partial charge in [-0.1, -0.05) is 13.8 Å². The van der Waals surface area contributed by atoms with Crippen LogP contribution in [0.3, 0.4) is 0 Å². The molecule has 62 valence electrons. The van der Waals surface area contributed by atoms with Crippen LogP contribution < -0.4 is 10.5 Å². The van der Waals surface area contributed by atoms with Crippen molar-refractivity contribution in [2.24, 2.45) is 11.1 Å². The van der Waals surface area contributed by atoms with Gasteiger partial charge in [-0.3, -0.25) is 0 Å². The molecule has 0 rings (SSSR count). The molecule has 0 amide bonds. The first-order chi connectivity index (χ1) is 4.48. The number of hydrogen-bond acceptors (Lipinski definition) is 3. The normalized spacial score (nSPS) is 12.4. The second-order valence-electron chi connectivity index (χ2n) is 2.96. The Bertz CT molecular complexity index is 157. The molecule has 4 nitrogen and oxygen atoms in total. The van der Waals surface area contributed by atoms with Crippen LogP contribution in [0, 0.1) is 5.41 Å². The van der Waals surface area contributed by atoms with Gasteiger partial charge in [0.25, 0.3) is 0 Å². The molecular formula is C5H14N2O2S. The maximum absolute atomic E-state index is 10.0. The zero-order valence-electron chi connectivity index (χ0n) is 6.26. The van der Waals surface area contributed by atoms with E-state index in [1.165, 1.54) is 0 Å². The minimum Gasteiger partial charge on any atom is -0.330 e. The van der Waals surface area contributed by atoms with Crippen LogP contribution >= 0.6 is 0 Å². The Morgan fingerprint density at radius 2 is 2.00 bits per heavy atom. The van der Waals surface area contributed by atoms with Crippen LogP contribution in [0.1, 0.15) is 13.8 Å². The number of nitrogens with one attached hydrogen (secondary N) is 1. The van der Waals surface area contributed by atoms with Gasteiger partial charge < -0.3 is 5.73 Å². The van der Waals surface area contributed by atoms with Crippen LogP contribution in [0.15, 0.2) is 0 Å². The molecule has 0 radical (unpaired) electrons. The van der Waals surface area contributed by atoms with Crippen molar-refractivity contribution in [1.29, 1.82) is 0 Å². The topological polar surface area (TPSA) is 72.2 Å². The van der Waals surface area contributed by atoms with Crippen molar-refractivity contribution < 1.29 is 8.42 Å². The van der Waals surface area contributed by atoms with Gasteiger partial charge in [0.2, 0.25) is 10.9 Å². The summed E-state index contributed by atoms with van der Waals surface area (Å²) in [6.07, 6.45) is 0. The Morgan fingerprint density at radius 3 is 2.30 bits per heavy atom. The fraction of sp³-hybridized carbons (Fsp3) is 1.00. The Kier molecular flexibility index (Phi) is 3.85. The monoisotopic (exact) mass is 166 g/mol. The molecule has 0 unspecified atom stereocenters. The molecule has 0 fully saturated rings. The van der Waals surface area contributed by atoms with Crippen LogP contribution in [0.4, 0.5) is 0 Å².